The maximum absolute atomic E-state index is 13.2. The largest absolute Gasteiger partial charge is 0.454 e. The van der Waals surface area contributed by atoms with Crippen LogP contribution in [0.15, 0.2) is 42.0 Å². The molecular formula is C29H34N2O8S. The van der Waals surface area contributed by atoms with E-state index >= 15 is 0 Å². The summed E-state index contributed by atoms with van der Waals surface area (Å²) in [5.74, 6) is 1.02. The molecule has 2 saturated carbocycles. The number of hydrogen-bond acceptors (Lipinski definition) is 8. The van der Waals surface area contributed by atoms with Gasteiger partial charge in [0.05, 0.1) is 5.69 Å². The average molecular weight is 571 g/mol. The Hall–Kier alpha value is -3.34. The molecule has 1 aromatic carbocycles. The van der Waals surface area contributed by atoms with Gasteiger partial charge in [-0.2, -0.15) is 8.42 Å². The van der Waals surface area contributed by atoms with Crippen molar-refractivity contribution in [1.29, 1.82) is 0 Å². The maximum atomic E-state index is 13.2. The number of carbonyl (C=O) groups is 3. The third kappa shape index (κ3) is 4.38. The minimum Gasteiger partial charge on any atom is -0.454 e. The molecule has 0 saturated heterocycles. The van der Waals surface area contributed by atoms with Crippen LogP contribution in [0, 0.1) is 34.5 Å². The molecule has 7 atom stereocenters. The van der Waals surface area contributed by atoms with Crippen LogP contribution in [0.4, 0.5) is 10.5 Å². The number of carbonyl (C=O) groups excluding carboxylic acids is 3. The lowest BCUT2D eigenvalue weighted by Gasteiger charge is -2.58. The van der Waals surface area contributed by atoms with Gasteiger partial charge in [0.1, 0.15) is 11.9 Å². The molecule has 10 nitrogen and oxygen atoms in total. The van der Waals surface area contributed by atoms with Gasteiger partial charge in [0.2, 0.25) is 6.79 Å². The van der Waals surface area contributed by atoms with Gasteiger partial charge in [0, 0.05) is 24.3 Å². The van der Waals surface area contributed by atoms with Gasteiger partial charge >= 0.3 is 16.3 Å². The second-order valence-corrected chi connectivity index (χ2v) is 13.6. The first-order valence-corrected chi connectivity index (χ1v) is 15.2. The molecule has 2 N–H and O–H groups in total. The lowest BCUT2D eigenvalue weighted by molar-refractivity contribution is -0.135. The van der Waals surface area contributed by atoms with Crippen LogP contribution in [-0.2, 0) is 24.5 Å². The van der Waals surface area contributed by atoms with Gasteiger partial charge in [0.25, 0.3) is 0 Å². The van der Waals surface area contributed by atoms with E-state index in [0.29, 0.717) is 30.8 Å². The third-order valence-corrected chi connectivity index (χ3v) is 11.0. The molecule has 0 bridgehead atoms. The Morgan fingerprint density at radius 2 is 1.90 bits per heavy atom. The van der Waals surface area contributed by atoms with Crippen molar-refractivity contribution in [3.8, 4) is 11.5 Å². The van der Waals surface area contributed by atoms with Crippen LogP contribution in [0.2, 0.25) is 0 Å². The molecular weight excluding hydrogens is 536 g/mol. The summed E-state index contributed by atoms with van der Waals surface area (Å²) >= 11 is 0. The van der Waals surface area contributed by atoms with Gasteiger partial charge in [-0.15, -0.1) is 0 Å². The predicted octanol–water partition coefficient (Wildman–Crippen LogP) is 4.29. The zero-order chi connectivity index (χ0) is 28.4. The van der Waals surface area contributed by atoms with Crippen LogP contribution in [0.1, 0.15) is 52.9 Å². The quantitative estimate of drug-likeness (QED) is 0.535. The molecule has 5 aliphatic rings. The van der Waals surface area contributed by atoms with Crippen molar-refractivity contribution >= 4 is 33.6 Å². The predicted molar refractivity (Wildman–Crippen MR) is 145 cm³/mol. The van der Waals surface area contributed by atoms with Gasteiger partial charge in [-0.1, -0.05) is 26.0 Å². The van der Waals surface area contributed by atoms with E-state index in [1.165, 1.54) is 12.1 Å². The monoisotopic (exact) mass is 570 g/mol. The summed E-state index contributed by atoms with van der Waals surface area (Å²) < 4.78 is 46.5. The zero-order valence-corrected chi connectivity index (χ0v) is 23.6. The molecule has 0 spiro atoms. The van der Waals surface area contributed by atoms with Crippen molar-refractivity contribution < 1.29 is 37.0 Å². The van der Waals surface area contributed by atoms with Crippen molar-refractivity contribution in [3.05, 3.63) is 42.0 Å². The van der Waals surface area contributed by atoms with Crippen LogP contribution in [-0.4, -0.2) is 39.0 Å². The van der Waals surface area contributed by atoms with Crippen LogP contribution in [0.3, 0.4) is 0 Å². The second-order valence-electron chi connectivity index (χ2n) is 12.2. The highest BCUT2D eigenvalue weighted by Gasteiger charge is 2.63. The lowest BCUT2D eigenvalue weighted by Crippen LogP contribution is -2.57. The standard InChI is InChI=1S/C29H34N2O8S/c1-16(32)21-7-8-22-20-6-4-17-12-19(33)10-11-28(17,2)26(20)25(14-29(21,22)3)39-27(34)31-40(35,36)30-18-5-9-23-24(13-18)38-15-37-23/h4-6,9,12-13,20-22,25-26,30H,7-8,10-11,14-15H2,1-3H3,(H,31,34)/t20-,21+,22-,25-,26-,28+,29+/m0/s1. The van der Waals surface area contributed by atoms with E-state index in [0.717, 1.165) is 18.4 Å². The number of Topliss-reactive ketones (excluding diaryl/α,β-unsaturated/α-hetero) is 1. The number of nitrogens with one attached hydrogen (secondary N) is 2. The smallest absolute Gasteiger partial charge is 0.422 e. The van der Waals surface area contributed by atoms with Gasteiger partial charge < -0.3 is 14.2 Å². The summed E-state index contributed by atoms with van der Waals surface area (Å²) in [4.78, 5) is 38.1. The molecule has 40 heavy (non-hydrogen) atoms. The first kappa shape index (κ1) is 26.9. The SMILES string of the molecule is CC(=O)[C@H]1CC[C@H]2[C@@H]3C=CC4=CC(=O)CC[C@@]4(C)[C@@H]3[C@@H](OC(=O)NS(=O)(=O)Nc3ccc4c(c3)OCO4)C[C@]12C. The fourth-order valence-corrected chi connectivity index (χ4v) is 9.04. The molecule has 6 rings (SSSR count). The Bertz CT molecular complexity index is 1450. The normalized spacial score (nSPS) is 35.6. The number of amides is 1. The minimum atomic E-state index is -4.33. The molecule has 0 unspecified atom stereocenters. The van der Waals surface area contributed by atoms with E-state index in [-0.39, 0.29) is 47.7 Å². The summed E-state index contributed by atoms with van der Waals surface area (Å²) in [6, 6.07) is 4.54. The molecule has 0 aromatic heterocycles. The Balaban J connectivity index is 1.27. The fraction of sp³-hybridized carbons (Fsp3) is 0.552. The summed E-state index contributed by atoms with van der Waals surface area (Å²) in [5, 5.41) is 0. The number of allylic oxidation sites excluding steroid dienone is 4. The summed E-state index contributed by atoms with van der Waals surface area (Å²) in [6.07, 6.45) is 7.23. The lowest BCUT2D eigenvalue weighted by atomic mass is 9.47. The van der Waals surface area contributed by atoms with Gasteiger partial charge in [0.15, 0.2) is 17.3 Å². The van der Waals surface area contributed by atoms with E-state index < -0.39 is 33.2 Å². The number of hydrogen-bond donors (Lipinski definition) is 2. The Labute approximate surface area is 233 Å². The third-order valence-electron chi connectivity index (χ3n) is 10.0. The van der Waals surface area contributed by atoms with E-state index in [1.807, 2.05) is 10.8 Å². The summed E-state index contributed by atoms with van der Waals surface area (Å²) in [6.45, 7) is 5.87. The van der Waals surface area contributed by atoms with Gasteiger partial charge in [-0.25, -0.2) is 9.52 Å². The number of ketones is 2. The first-order chi connectivity index (χ1) is 18.9. The second kappa shape index (κ2) is 9.36. The minimum absolute atomic E-state index is 0.0274. The van der Waals surface area contributed by atoms with E-state index in [9.17, 15) is 22.8 Å². The number of fused-ring (bicyclic) bond motifs is 6. The highest BCUT2D eigenvalue weighted by Crippen LogP contribution is 2.65. The molecule has 11 heteroatoms. The molecule has 1 aliphatic heterocycles. The number of anilines is 1. The molecule has 214 valence electrons. The van der Waals surface area contributed by atoms with Crippen LogP contribution in [0.5, 0.6) is 11.5 Å². The van der Waals surface area contributed by atoms with Crippen LogP contribution < -0.4 is 18.9 Å². The van der Waals surface area contributed by atoms with E-state index in [4.69, 9.17) is 14.2 Å². The Morgan fingerprint density at radius 3 is 2.67 bits per heavy atom. The first-order valence-electron chi connectivity index (χ1n) is 13.7. The molecule has 2 fully saturated rings. The molecule has 1 amide bonds. The molecule has 1 heterocycles. The highest BCUT2D eigenvalue weighted by atomic mass is 32.2. The summed E-state index contributed by atoms with van der Waals surface area (Å²) in [5.41, 5.74) is 0.297. The Morgan fingerprint density at radius 1 is 1.12 bits per heavy atom. The highest BCUT2D eigenvalue weighted by molar-refractivity contribution is 7.91. The molecule has 4 aliphatic carbocycles. The number of rotatable bonds is 5. The van der Waals surface area contributed by atoms with Crippen molar-refractivity contribution in [2.24, 2.45) is 34.5 Å². The van der Waals surface area contributed by atoms with Crippen molar-refractivity contribution in [2.45, 2.75) is 59.0 Å². The average Bonchev–Trinajstić information content (AvgIpc) is 3.47. The number of ether oxygens (including phenoxy) is 3. The van der Waals surface area contributed by atoms with Crippen LogP contribution >= 0.6 is 0 Å². The van der Waals surface area contributed by atoms with E-state index in [2.05, 4.69) is 24.6 Å². The van der Waals surface area contributed by atoms with Crippen molar-refractivity contribution in [1.82, 2.24) is 4.72 Å². The van der Waals surface area contributed by atoms with Crippen molar-refractivity contribution in [3.63, 3.8) is 0 Å². The fourth-order valence-electron chi connectivity index (χ4n) is 8.28. The maximum Gasteiger partial charge on any atom is 0.422 e. The Kier molecular flexibility index (Phi) is 6.28. The van der Waals surface area contributed by atoms with Crippen molar-refractivity contribution in [2.75, 3.05) is 11.5 Å². The van der Waals surface area contributed by atoms with Crippen LogP contribution in [0.25, 0.3) is 0 Å². The summed E-state index contributed by atoms with van der Waals surface area (Å²) in [7, 11) is -4.33. The van der Waals surface area contributed by atoms with E-state index in [1.54, 1.807) is 19.1 Å². The molecule has 0 radical (unpaired) electrons. The zero-order valence-electron chi connectivity index (χ0n) is 22.8. The van der Waals surface area contributed by atoms with Gasteiger partial charge in [-0.05, 0) is 79.1 Å². The van der Waals surface area contributed by atoms with Gasteiger partial charge in [-0.3, -0.25) is 14.3 Å². The topological polar surface area (TPSA) is 137 Å². The molecule has 1 aromatic rings. The number of benzene rings is 1.